The zero-order chi connectivity index (χ0) is 13.2. The predicted octanol–water partition coefficient (Wildman–Crippen LogP) is 2.04. The average Bonchev–Trinajstić information content (AvgIpc) is 2.20. The maximum Gasteiger partial charge on any atom is 0.304 e. The first kappa shape index (κ1) is 13.6. The Bertz CT molecular complexity index is 435. The van der Waals surface area contributed by atoms with Crippen LogP contribution in [-0.4, -0.2) is 17.1 Å². The number of hydrogen-bond acceptors (Lipinski definition) is 2. The summed E-state index contributed by atoms with van der Waals surface area (Å²) in [4.78, 5) is 10.8. The Morgan fingerprint density at radius 1 is 1.53 bits per heavy atom. The molecule has 17 heavy (non-hydrogen) atoms. The van der Waals surface area contributed by atoms with Gasteiger partial charge in [-0.1, -0.05) is 19.1 Å². The summed E-state index contributed by atoms with van der Waals surface area (Å²) in [5, 5.41) is 8.85. The fourth-order valence-electron chi connectivity index (χ4n) is 1.76. The molecule has 3 nitrogen and oxygen atoms in total. The number of hydrogen-bond donors (Lipinski definition) is 2. The van der Waals surface area contributed by atoms with E-state index >= 15 is 0 Å². The highest BCUT2D eigenvalue weighted by molar-refractivity contribution is 5.69. The molecule has 1 rings (SSSR count). The number of nitrogens with two attached hydrogens (primary N) is 1. The van der Waals surface area contributed by atoms with Crippen molar-refractivity contribution in [3.05, 3.63) is 35.4 Å². The highest BCUT2D eigenvalue weighted by Crippen LogP contribution is 2.33. The highest BCUT2D eigenvalue weighted by atomic mass is 19.2. The quantitative estimate of drug-likeness (QED) is 0.850. The van der Waals surface area contributed by atoms with Gasteiger partial charge in [0.1, 0.15) is 0 Å². The highest BCUT2D eigenvalue weighted by Gasteiger charge is 2.36. The third-order valence-electron chi connectivity index (χ3n) is 3.09. The zero-order valence-electron chi connectivity index (χ0n) is 9.71. The topological polar surface area (TPSA) is 63.3 Å². The number of carboxylic acid groups (broad SMARTS) is 1. The van der Waals surface area contributed by atoms with Crippen molar-refractivity contribution in [1.29, 1.82) is 0 Å². The first-order valence-corrected chi connectivity index (χ1v) is 5.21. The van der Waals surface area contributed by atoms with Crippen LogP contribution in [0, 0.1) is 11.6 Å². The van der Waals surface area contributed by atoms with Gasteiger partial charge in [-0.15, -0.1) is 0 Å². The molecule has 94 valence electrons. The van der Waals surface area contributed by atoms with Gasteiger partial charge in [0.2, 0.25) is 0 Å². The van der Waals surface area contributed by atoms with Crippen molar-refractivity contribution in [3.63, 3.8) is 0 Å². The molecule has 5 heteroatoms. The molecule has 2 unspecified atom stereocenters. The third-order valence-corrected chi connectivity index (χ3v) is 3.09. The second-order valence-electron chi connectivity index (χ2n) is 4.38. The second kappa shape index (κ2) is 4.79. The molecule has 0 fully saturated rings. The minimum atomic E-state index is -1.14. The van der Waals surface area contributed by atoms with Gasteiger partial charge in [-0.05, 0) is 18.6 Å². The van der Waals surface area contributed by atoms with Crippen LogP contribution in [0.1, 0.15) is 25.8 Å². The van der Waals surface area contributed by atoms with Crippen LogP contribution in [0.4, 0.5) is 8.78 Å². The van der Waals surface area contributed by atoms with Crippen molar-refractivity contribution in [2.24, 2.45) is 5.73 Å². The maximum absolute atomic E-state index is 13.7. The molecule has 0 spiro atoms. The molecule has 0 saturated carbocycles. The van der Waals surface area contributed by atoms with Gasteiger partial charge >= 0.3 is 5.97 Å². The smallest absolute Gasteiger partial charge is 0.304 e. The summed E-state index contributed by atoms with van der Waals surface area (Å²) >= 11 is 0. The van der Waals surface area contributed by atoms with Crippen molar-refractivity contribution >= 4 is 5.97 Å². The van der Waals surface area contributed by atoms with Crippen LogP contribution >= 0.6 is 0 Å². The van der Waals surface area contributed by atoms with Crippen LogP contribution < -0.4 is 5.73 Å². The van der Waals surface area contributed by atoms with Crippen LogP contribution in [0.2, 0.25) is 0 Å². The molecule has 0 saturated heterocycles. The summed E-state index contributed by atoms with van der Waals surface area (Å²) in [5.74, 6) is -3.14. The van der Waals surface area contributed by atoms with Crippen molar-refractivity contribution < 1.29 is 18.7 Å². The Labute approximate surface area is 98.2 Å². The Morgan fingerprint density at radius 2 is 2.12 bits per heavy atom. The Kier molecular flexibility index (Phi) is 3.83. The number of halogens is 2. The lowest BCUT2D eigenvalue weighted by molar-refractivity contribution is -0.138. The fraction of sp³-hybridized carbons (Fsp3) is 0.417. The SMILES string of the molecule is CC(N)C(C)(CC(=O)O)c1cccc(F)c1F. The van der Waals surface area contributed by atoms with Crippen LogP contribution in [0.3, 0.4) is 0 Å². The van der Waals surface area contributed by atoms with Gasteiger partial charge in [0.15, 0.2) is 11.6 Å². The number of benzene rings is 1. The van der Waals surface area contributed by atoms with Crippen LogP contribution in [0.5, 0.6) is 0 Å². The average molecular weight is 243 g/mol. The second-order valence-corrected chi connectivity index (χ2v) is 4.38. The number of carbonyl (C=O) groups is 1. The van der Waals surface area contributed by atoms with Crippen molar-refractivity contribution in [2.45, 2.75) is 31.7 Å². The third kappa shape index (κ3) is 2.61. The molecule has 3 N–H and O–H groups in total. The molecule has 0 aromatic heterocycles. The molecule has 0 aliphatic heterocycles. The Morgan fingerprint density at radius 3 is 2.59 bits per heavy atom. The minimum absolute atomic E-state index is 0.00472. The zero-order valence-corrected chi connectivity index (χ0v) is 9.71. The van der Waals surface area contributed by atoms with Crippen LogP contribution in [-0.2, 0) is 10.2 Å². The molecule has 0 aliphatic carbocycles. The van der Waals surface area contributed by atoms with Crippen molar-refractivity contribution in [3.8, 4) is 0 Å². The van der Waals surface area contributed by atoms with Crippen LogP contribution in [0.25, 0.3) is 0 Å². The molecule has 2 atom stereocenters. The summed E-state index contributed by atoms with van der Waals surface area (Å²) in [6.45, 7) is 3.09. The number of rotatable bonds is 4. The molecule has 0 aliphatic rings. The molecule has 0 radical (unpaired) electrons. The summed E-state index contributed by atoms with van der Waals surface area (Å²) in [6, 6.07) is 3.08. The molecule has 1 aromatic rings. The predicted molar refractivity (Wildman–Crippen MR) is 59.6 cm³/mol. The fourth-order valence-corrected chi connectivity index (χ4v) is 1.76. The number of carboxylic acids is 1. The normalized spacial score (nSPS) is 16.3. The van der Waals surface area contributed by atoms with Crippen molar-refractivity contribution in [1.82, 2.24) is 0 Å². The van der Waals surface area contributed by atoms with E-state index in [0.29, 0.717) is 0 Å². The van der Waals surface area contributed by atoms with E-state index in [1.165, 1.54) is 19.1 Å². The van der Waals surface area contributed by atoms with Gasteiger partial charge < -0.3 is 10.8 Å². The molecule has 1 aromatic carbocycles. The van der Waals surface area contributed by atoms with Crippen LogP contribution in [0.15, 0.2) is 18.2 Å². The first-order chi connectivity index (χ1) is 7.79. The van der Waals surface area contributed by atoms with E-state index < -0.39 is 29.1 Å². The lowest BCUT2D eigenvalue weighted by Crippen LogP contribution is -2.43. The molecular formula is C12H15F2NO2. The number of aliphatic carboxylic acids is 1. The molecule has 0 bridgehead atoms. The standard InChI is InChI=1S/C12H15F2NO2/c1-7(15)12(2,6-10(16)17)8-4-3-5-9(13)11(8)14/h3-5,7H,6,15H2,1-2H3,(H,16,17). The lowest BCUT2D eigenvalue weighted by atomic mass is 9.74. The summed E-state index contributed by atoms with van der Waals surface area (Å²) in [7, 11) is 0. The van der Waals surface area contributed by atoms with E-state index in [9.17, 15) is 13.6 Å². The largest absolute Gasteiger partial charge is 0.481 e. The minimum Gasteiger partial charge on any atom is -0.481 e. The maximum atomic E-state index is 13.7. The van der Waals surface area contributed by atoms with Gasteiger partial charge in [0.25, 0.3) is 0 Å². The van der Waals surface area contributed by atoms with Gasteiger partial charge in [-0.25, -0.2) is 8.78 Å². The lowest BCUT2D eigenvalue weighted by Gasteiger charge is -2.32. The molecular weight excluding hydrogens is 228 g/mol. The Hall–Kier alpha value is -1.49. The van der Waals surface area contributed by atoms with E-state index in [4.69, 9.17) is 10.8 Å². The van der Waals surface area contributed by atoms with Gasteiger partial charge in [-0.3, -0.25) is 4.79 Å². The van der Waals surface area contributed by atoms with E-state index in [0.717, 1.165) is 6.07 Å². The van der Waals surface area contributed by atoms with Gasteiger partial charge in [-0.2, -0.15) is 0 Å². The van der Waals surface area contributed by atoms with E-state index in [1.807, 2.05) is 0 Å². The molecule has 0 heterocycles. The monoisotopic (exact) mass is 243 g/mol. The van der Waals surface area contributed by atoms with Crippen molar-refractivity contribution in [2.75, 3.05) is 0 Å². The first-order valence-electron chi connectivity index (χ1n) is 5.21. The van der Waals surface area contributed by atoms with Gasteiger partial charge in [0.05, 0.1) is 6.42 Å². The Balaban J connectivity index is 3.32. The van der Waals surface area contributed by atoms with E-state index in [2.05, 4.69) is 0 Å². The summed E-state index contributed by atoms with van der Waals surface area (Å²) in [6.07, 6.45) is -0.356. The summed E-state index contributed by atoms with van der Waals surface area (Å²) < 4.78 is 26.8. The van der Waals surface area contributed by atoms with E-state index in [1.54, 1.807) is 6.92 Å². The van der Waals surface area contributed by atoms with Gasteiger partial charge in [0, 0.05) is 11.5 Å². The molecule has 0 amide bonds. The summed E-state index contributed by atoms with van der Waals surface area (Å²) in [5.41, 5.74) is 4.57. The van der Waals surface area contributed by atoms with E-state index in [-0.39, 0.29) is 12.0 Å².